The molecule has 0 fully saturated rings. The van der Waals surface area contributed by atoms with E-state index in [1.54, 1.807) is 11.3 Å². The van der Waals surface area contributed by atoms with Crippen molar-refractivity contribution in [3.05, 3.63) is 41.0 Å². The number of nitrogens with zero attached hydrogens (tertiary/aromatic N) is 1. The second kappa shape index (κ2) is 4.76. The van der Waals surface area contributed by atoms with Gasteiger partial charge in [0.25, 0.3) is 0 Å². The van der Waals surface area contributed by atoms with Gasteiger partial charge >= 0.3 is 0 Å². The number of benzene rings is 1. The largest absolute Gasteiger partial charge is 0.325 e. The SMILES string of the molecule is CC(C)c1nc(CN)sc1-c1ccccc1. The van der Waals surface area contributed by atoms with Gasteiger partial charge in [-0.3, -0.25) is 0 Å². The van der Waals surface area contributed by atoms with Crippen molar-refractivity contribution in [2.24, 2.45) is 5.73 Å². The highest BCUT2D eigenvalue weighted by atomic mass is 32.1. The summed E-state index contributed by atoms with van der Waals surface area (Å²) in [5, 5.41) is 1.02. The van der Waals surface area contributed by atoms with E-state index in [1.165, 1.54) is 10.4 Å². The average Bonchev–Trinajstić information content (AvgIpc) is 2.74. The molecule has 0 aliphatic heterocycles. The van der Waals surface area contributed by atoms with Crippen LogP contribution in [0.4, 0.5) is 0 Å². The van der Waals surface area contributed by atoms with Crippen molar-refractivity contribution in [3.8, 4) is 10.4 Å². The van der Waals surface area contributed by atoms with Crippen molar-refractivity contribution >= 4 is 11.3 Å². The molecular formula is C13H16N2S. The van der Waals surface area contributed by atoms with Gasteiger partial charge in [-0.05, 0) is 11.5 Å². The lowest BCUT2D eigenvalue weighted by Crippen LogP contribution is -1.96. The molecule has 0 unspecified atom stereocenters. The average molecular weight is 232 g/mol. The monoisotopic (exact) mass is 232 g/mol. The van der Waals surface area contributed by atoms with E-state index in [1.807, 2.05) is 6.07 Å². The maximum Gasteiger partial charge on any atom is 0.107 e. The van der Waals surface area contributed by atoms with Crippen LogP contribution in [0.3, 0.4) is 0 Å². The normalized spacial score (nSPS) is 11.0. The predicted octanol–water partition coefficient (Wildman–Crippen LogP) is 3.39. The van der Waals surface area contributed by atoms with Gasteiger partial charge in [-0.2, -0.15) is 0 Å². The van der Waals surface area contributed by atoms with Gasteiger partial charge < -0.3 is 5.73 Å². The van der Waals surface area contributed by atoms with Crippen LogP contribution >= 0.6 is 11.3 Å². The quantitative estimate of drug-likeness (QED) is 0.881. The van der Waals surface area contributed by atoms with Gasteiger partial charge in [0.2, 0.25) is 0 Å². The Bertz CT molecular complexity index is 460. The number of rotatable bonds is 3. The minimum Gasteiger partial charge on any atom is -0.325 e. The maximum atomic E-state index is 5.66. The van der Waals surface area contributed by atoms with Gasteiger partial charge in [-0.1, -0.05) is 44.2 Å². The molecule has 0 saturated carbocycles. The third-order valence-electron chi connectivity index (χ3n) is 2.46. The summed E-state index contributed by atoms with van der Waals surface area (Å²) in [5.74, 6) is 0.437. The molecule has 1 heterocycles. The fraction of sp³-hybridized carbons (Fsp3) is 0.308. The minimum absolute atomic E-state index is 0.437. The Kier molecular flexibility index (Phi) is 3.36. The molecule has 84 valence electrons. The van der Waals surface area contributed by atoms with E-state index in [2.05, 4.69) is 43.1 Å². The van der Waals surface area contributed by atoms with Crippen LogP contribution in [0, 0.1) is 0 Å². The molecule has 2 aromatic rings. The molecule has 1 aromatic carbocycles. The van der Waals surface area contributed by atoms with E-state index in [9.17, 15) is 0 Å². The van der Waals surface area contributed by atoms with Gasteiger partial charge in [0.15, 0.2) is 0 Å². The van der Waals surface area contributed by atoms with Crippen molar-refractivity contribution in [2.45, 2.75) is 26.3 Å². The molecule has 0 saturated heterocycles. The van der Waals surface area contributed by atoms with E-state index in [0.717, 1.165) is 10.7 Å². The van der Waals surface area contributed by atoms with Crippen LogP contribution in [0.1, 0.15) is 30.5 Å². The van der Waals surface area contributed by atoms with Gasteiger partial charge in [-0.15, -0.1) is 11.3 Å². The molecule has 0 spiro atoms. The molecular weight excluding hydrogens is 216 g/mol. The molecule has 3 heteroatoms. The topological polar surface area (TPSA) is 38.9 Å². The molecule has 2 rings (SSSR count). The molecule has 0 atom stereocenters. The number of hydrogen-bond donors (Lipinski definition) is 1. The summed E-state index contributed by atoms with van der Waals surface area (Å²) in [5.41, 5.74) is 8.06. The third kappa shape index (κ3) is 2.15. The lowest BCUT2D eigenvalue weighted by atomic mass is 10.1. The number of aromatic nitrogens is 1. The Hall–Kier alpha value is -1.19. The second-order valence-corrected chi connectivity index (χ2v) is 5.13. The standard InChI is InChI=1S/C13H16N2S/c1-9(2)12-13(16-11(8-14)15-12)10-6-4-3-5-7-10/h3-7,9H,8,14H2,1-2H3. The zero-order valence-electron chi connectivity index (χ0n) is 9.60. The first-order valence-electron chi connectivity index (χ1n) is 5.47. The summed E-state index contributed by atoms with van der Waals surface area (Å²) in [6.07, 6.45) is 0. The van der Waals surface area contributed by atoms with E-state index < -0.39 is 0 Å². The fourth-order valence-electron chi connectivity index (χ4n) is 1.65. The minimum atomic E-state index is 0.437. The molecule has 0 aliphatic rings. The number of nitrogens with two attached hydrogens (primary N) is 1. The van der Waals surface area contributed by atoms with Crippen LogP contribution in [-0.2, 0) is 6.54 Å². The Morgan fingerprint density at radius 1 is 1.25 bits per heavy atom. The van der Waals surface area contributed by atoms with E-state index in [4.69, 9.17) is 5.73 Å². The molecule has 2 nitrogen and oxygen atoms in total. The summed E-state index contributed by atoms with van der Waals surface area (Å²) in [4.78, 5) is 5.86. The van der Waals surface area contributed by atoms with E-state index >= 15 is 0 Å². The molecule has 0 radical (unpaired) electrons. The summed E-state index contributed by atoms with van der Waals surface area (Å²) in [6, 6.07) is 10.4. The second-order valence-electron chi connectivity index (χ2n) is 4.05. The summed E-state index contributed by atoms with van der Waals surface area (Å²) in [6.45, 7) is 4.86. The van der Waals surface area contributed by atoms with Gasteiger partial charge in [0.1, 0.15) is 5.01 Å². The summed E-state index contributed by atoms with van der Waals surface area (Å²) >= 11 is 1.70. The van der Waals surface area contributed by atoms with Crippen molar-refractivity contribution < 1.29 is 0 Å². The van der Waals surface area contributed by atoms with Gasteiger partial charge in [-0.25, -0.2) is 4.98 Å². The first-order valence-corrected chi connectivity index (χ1v) is 6.29. The van der Waals surface area contributed by atoms with Crippen LogP contribution < -0.4 is 5.73 Å². The first-order chi connectivity index (χ1) is 7.72. The molecule has 0 aliphatic carbocycles. The van der Waals surface area contributed by atoms with Crippen LogP contribution in [0.25, 0.3) is 10.4 Å². The maximum absolute atomic E-state index is 5.66. The molecule has 2 N–H and O–H groups in total. The lowest BCUT2D eigenvalue weighted by Gasteiger charge is -2.04. The van der Waals surface area contributed by atoms with Crippen LogP contribution in [-0.4, -0.2) is 4.98 Å². The molecule has 0 amide bonds. The summed E-state index contributed by atoms with van der Waals surface area (Å²) in [7, 11) is 0. The highest BCUT2D eigenvalue weighted by Crippen LogP contribution is 2.34. The lowest BCUT2D eigenvalue weighted by molar-refractivity contribution is 0.823. The zero-order chi connectivity index (χ0) is 11.5. The van der Waals surface area contributed by atoms with Crippen molar-refractivity contribution in [3.63, 3.8) is 0 Å². The van der Waals surface area contributed by atoms with Crippen LogP contribution in [0.2, 0.25) is 0 Å². The first kappa shape index (κ1) is 11.3. The van der Waals surface area contributed by atoms with Gasteiger partial charge in [0, 0.05) is 6.54 Å². The molecule has 1 aromatic heterocycles. The van der Waals surface area contributed by atoms with E-state index in [-0.39, 0.29) is 0 Å². The molecule has 0 bridgehead atoms. The van der Waals surface area contributed by atoms with Crippen molar-refractivity contribution in [2.75, 3.05) is 0 Å². The van der Waals surface area contributed by atoms with E-state index in [0.29, 0.717) is 12.5 Å². The predicted molar refractivity (Wildman–Crippen MR) is 69.5 cm³/mol. The van der Waals surface area contributed by atoms with Crippen molar-refractivity contribution in [1.29, 1.82) is 0 Å². The zero-order valence-corrected chi connectivity index (χ0v) is 10.4. The highest BCUT2D eigenvalue weighted by molar-refractivity contribution is 7.15. The Balaban J connectivity index is 2.51. The fourth-order valence-corrected chi connectivity index (χ4v) is 2.76. The van der Waals surface area contributed by atoms with Gasteiger partial charge in [0.05, 0.1) is 10.6 Å². The number of hydrogen-bond acceptors (Lipinski definition) is 3. The summed E-state index contributed by atoms with van der Waals surface area (Å²) < 4.78 is 0. The smallest absolute Gasteiger partial charge is 0.107 e. The Morgan fingerprint density at radius 3 is 2.50 bits per heavy atom. The molecule has 16 heavy (non-hydrogen) atoms. The highest BCUT2D eigenvalue weighted by Gasteiger charge is 2.14. The third-order valence-corrected chi connectivity index (χ3v) is 3.60. The van der Waals surface area contributed by atoms with Crippen LogP contribution in [0.15, 0.2) is 30.3 Å². The Morgan fingerprint density at radius 2 is 1.94 bits per heavy atom. The van der Waals surface area contributed by atoms with Crippen molar-refractivity contribution in [1.82, 2.24) is 4.98 Å². The Labute approximate surface area is 100 Å². The number of thiazole rings is 1. The van der Waals surface area contributed by atoms with Crippen LogP contribution in [0.5, 0.6) is 0 Å².